The fourth-order valence-corrected chi connectivity index (χ4v) is 2.79. The van der Waals surface area contributed by atoms with Crippen molar-refractivity contribution in [3.8, 4) is 0 Å². The lowest BCUT2D eigenvalue weighted by atomic mass is 9.81. The van der Waals surface area contributed by atoms with Gasteiger partial charge in [-0.25, -0.2) is 4.79 Å². The molecule has 0 aromatic rings. The summed E-state index contributed by atoms with van der Waals surface area (Å²) in [6, 6.07) is 0. The number of carbonyl (C=O) groups excluding carboxylic acids is 1. The fourth-order valence-electron chi connectivity index (χ4n) is 2.79. The number of carboxylic acid groups (broad SMARTS) is 1. The Labute approximate surface area is 114 Å². The zero-order chi connectivity index (χ0) is 14.4. The van der Waals surface area contributed by atoms with Crippen molar-refractivity contribution in [2.45, 2.75) is 40.0 Å². The molecule has 110 valence electrons. The minimum atomic E-state index is -0.828. The van der Waals surface area contributed by atoms with Gasteiger partial charge >= 0.3 is 12.1 Å². The van der Waals surface area contributed by atoms with E-state index in [0.717, 1.165) is 19.3 Å². The van der Waals surface area contributed by atoms with Crippen molar-refractivity contribution >= 4 is 12.1 Å². The molecule has 0 aliphatic carbocycles. The van der Waals surface area contributed by atoms with Gasteiger partial charge in [0, 0.05) is 13.1 Å². The van der Waals surface area contributed by atoms with Gasteiger partial charge < -0.3 is 14.7 Å². The third kappa shape index (κ3) is 4.73. The highest BCUT2D eigenvalue weighted by molar-refractivity contribution is 5.71. The maximum Gasteiger partial charge on any atom is 0.407 e. The summed E-state index contributed by atoms with van der Waals surface area (Å²) >= 11 is 0. The number of amides is 1. The molecule has 0 bridgehead atoms. The Balaban J connectivity index is 2.36. The minimum absolute atomic E-state index is 0.0764. The molecule has 0 radical (unpaired) electrons. The molecule has 1 N–H and O–H groups in total. The third-order valence-electron chi connectivity index (χ3n) is 4.03. The van der Waals surface area contributed by atoms with E-state index in [-0.39, 0.29) is 11.9 Å². The van der Waals surface area contributed by atoms with E-state index >= 15 is 0 Å². The summed E-state index contributed by atoms with van der Waals surface area (Å²) in [7, 11) is 0. The molecular formula is C14H25NO4. The zero-order valence-corrected chi connectivity index (χ0v) is 12.1. The van der Waals surface area contributed by atoms with Gasteiger partial charge in [-0.2, -0.15) is 0 Å². The van der Waals surface area contributed by atoms with Gasteiger partial charge in [0.25, 0.3) is 0 Å². The van der Waals surface area contributed by atoms with E-state index in [9.17, 15) is 9.59 Å². The average molecular weight is 271 g/mol. The van der Waals surface area contributed by atoms with Gasteiger partial charge in [0.1, 0.15) is 0 Å². The molecule has 1 aliphatic rings. The number of carbonyl (C=O) groups is 2. The molecule has 5 heteroatoms. The lowest BCUT2D eigenvalue weighted by Gasteiger charge is -2.34. The van der Waals surface area contributed by atoms with Crippen molar-refractivity contribution < 1.29 is 19.4 Å². The normalized spacial score (nSPS) is 19.8. The third-order valence-corrected chi connectivity index (χ3v) is 4.03. The molecule has 5 nitrogen and oxygen atoms in total. The van der Waals surface area contributed by atoms with Crippen LogP contribution < -0.4 is 0 Å². The Kier molecular flexibility index (Phi) is 6.12. The van der Waals surface area contributed by atoms with Crippen molar-refractivity contribution in [2.75, 3.05) is 19.7 Å². The van der Waals surface area contributed by atoms with E-state index in [1.165, 1.54) is 4.90 Å². The highest BCUT2D eigenvalue weighted by Gasteiger charge is 2.28. The van der Waals surface area contributed by atoms with Crippen molar-refractivity contribution in [3.05, 3.63) is 0 Å². The summed E-state index contributed by atoms with van der Waals surface area (Å²) in [5.41, 5.74) is 0. The Bertz CT molecular complexity index is 311. The number of rotatable bonds is 5. The topological polar surface area (TPSA) is 66.8 Å². The number of piperidine rings is 1. The fraction of sp³-hybridized carbons (Fsp3) is 0.857. The van der Waals surface area contributed by atoms with Crippen LogP contribution >= 0.6 is 0 Å². The highest BCUT2D eigenvalue weighted by Crippen LogP contribution is 2.29. The predicted molar refractivity (Wildman–Crippen MR) is 71.9 cm³/mol. The first kappa shape index (κ1) is 15.8. The van der Waals surface area contributed by atoms with Gasteiger partial charge in [0.05, 0.1) is 12.5 Å². The second-order valence-electron chi connectivity index (χ2n) is 5.47. The van der Waals surface area contributed by atoms with Crippen LogP contribution in [-0.4, -0.2) is 41.8 Å². The summed E-state index contributed by atoms with van der Waals surface area (Å²) in [4.78, 5) is 23.9. The molecule has 0 aromatic carbocycles. The predicted octanol–water partition coefficient (Wildman–Crippen LogP) is 2.60. The van der Waals surface area contributed by atoms with E-state index in [4.69, 9.17) is 9.84 Å². The van der Waals surface area contributed by atoms with E-state index in [1.807, 2.05) is 13.8 Å². The first-order valence-electron chi connectivity index (χ1n) is 7.10. The van der Waals surface area contributed by atoms with E-state index in [2.05, 4.69) is 6.92 Å². The van der Waals surface area contributed by atoms with Crippen LogP contribution in [0.15, 0.2) is 0 Å². The Morgan fingerprint density at radius 2 is 1.89 bits per heavy atom. The minimum Gasteiger partial charge on any atom is -0.466 e. The molecule has 2 atom stereocenters. The first-order chi connectivity index (χ1) is 8.95. The van der Waals surface area contributed by atoms with Crippen LogP contribution in [0, 0.1) is 17.8 Å². The van der Waals surface area contributed by atoms with Gasteiger partial charge in [-0.05, 0) is 38.0 Å². The summed E-state index contributed by atoms with van der Waals surface area (Å²) < 4.78 is 5.02. The largest absolute Gasteiger partial charge is 0.466 e. The Morgan fingerprint density at radius 1 is 1.32 bits per heavy atom. The number of hydrogen-bond donors (Lipinski definition) is 1. The van der Waals surface area contributed by atoms with E-state index in [0.29, 0.717) is 31.5 Å². The maximum absolute atomic E-state index is 11.6. The van der Waals surface area contributed by atoms with Crippen molar-refractivity contribution in [1.82, 2.24) is 4.90 Å². The molecule has 0 spiro atoms. The summed E-state index contributed by atoms with van der Waals surface area (Å²) in [6.45, 7) is 7.51. The number of likely N-dealkylation sites (tertiary alicyclic amines) is 1. The smallest absolute Gasteiger partial charge is 0.407 e. The van der Waals surface area contributed by atoms with Gasteiger partial charge in [-0.15, -0.1) is 0 Å². The number of hydrogen-bond acceptors (Lipinski definition) is 3. The molecule has 1 amide bonds. The molecule has 1 aliphatic heterocycles. The SMILES string of the molecule is CCOC(=O)C(C)CC(C)C1CCN(C(=O)O)CC1. The highest BCUT2D eigenvalue weighted by atomic mass is 16.5. The molecule has 0 aromatic heterocycles. The van der Waals surface area contributed by atoms with Crippen LogP contribution in [0.2, 0.25) is 0 Å². The molecule has 1 saturated heterocycles. The quantitative estimate of drug-likeness (QED) is 0.780. The number of esters is 1. The van der Waals surface area contributed by atoms with Crippen LogP contribution in [0.4, 0.5) is 4.79 Å². The van der Waals surface area contributed by atoms with Gasteiger partial charge in [0.2, 0.25) is 0 Å². The first-order valence-corrected chi connectivity index (χ1v) is 7.10. The molecule has 1 heterocycles. The molecule has 2 unspecified atom stereocenters. The maximum atomic E-state index is 11.6. The molecular weight excluding hydrogens is 246 g/mol. The zero-order valence-electron chi connectivity index (χ0n) is 12.1. The van der Waals surface area contributed by atoms with Crippen LogP contribution in [0.1, 0.15) is 40.0 Å². The summed E-state index contributed by atoms with van der Waals surface area (Å²) in [5, 5.41) is 8.91. The number of ether oxygens (including phenoxy) is 1. The molecule has 1 rings (SSSR count). The molecule has 0 saturated carbocycles. The van der Waals surface area contributed by atoms with Gasteiger partial charge in [0.15, 0.2) is 0 Å². The van der Waals surface area contributed by atoms with Crippen LogP contribution in [0.25, 0.3) is 0 Å². The van der Waals surface area contributed by atoms with Crippen molar-refractivity contribution in [2.24, 2.45) is 17.8 Å². The Hall–Kier alpha value is -1.26. The van der Waals surface area contributed by atoms with Gasteiger partial charge in [-0.3, -0.25) is 4.79 Å². The van der Waals surface area contributed by atoms with E-state index < -0.39 is 6.09 Å². The van der Waals surface area contributed by atoms with Crippen LogP contribution in [-0.2, 0) is 9.53 Å². The molecule has 19 heavy (non-hydrogen) atoms. The average Bonchev–Trinajstić information content (AvgIpc) is 2.38. The second-order valence-corrected chi connectivity index (χ2v) is 5.47. The van der Waals surface area contributed by atoms with Crippen LogP contribution in [0.3, 0.4) is 0 Å². The summed E-state index contributed by atoms with van der Waals surface area (Å²) in [5.74, 6) is 0.729. The standard InChI is InChI=1S/C14H25NO4/c1-4-19-13(16)11(3)9-10(2)12-5-7-15(8-6-12)14(17)18/h10-12H,4-9H2,1-3H3,(H,17,18). The van der Waals surface area contributed by atoms with Crippen molar-refractivity contribution in [3.63, 3.8) is 0 Å². The lowest BCUT2D eigenvalue weighted by molar-refractivity contribution is -0.148. The van der Waals surface area contributed by atoms with Crippen LogP contribution in [0.5, 0.6) is 0 Å². The van der Waals surface area contributed by atoms with Crippen molar-refractivity contribution in [1.29, 1.82) is 0 Å². The monoisotopic (exact) mass is 271 g/mol. The second kappa shape index (κ2) is 7.36. The van der Waals surface area contributed by atoms with E-state index in [1.54, 1.807) is 0 Å². The number of nitrogens with zero attached hydrogens (tertiary/aromatic N) is 1. The molecule has 1 fully saturated rings. The lowest BCUT2D eigenvalue weighted by Crippen LogP contribution is -2.39. The van der Waals surface area contributed by atoms with Gasteiger partial charge in [-0.1, -0.05) is 13.8 Å². The Morgan fingerprint density at radius 3 is 2.37 bits per heavy atom. The summed E-state index contributed by atoms with van der Waals surface area (Å²) in [6.07, 6.45) is 1.77.